The third-order valence-electron chi connectivity index (χ3n) is 6.22. The lowest BCUT2D eigenvalue weighted by Gasteiger charge is -2.20. The molecule has 0 bridgehead atoms. The number of hydrogen-bond acceptors (Lipinski definition) is 4. The molecule has 35 heavy (non-hydrogen) atoms. The predicted octanol–water partition coefficient (Wildman–Crippen LogP) is 3.86. The third-order valence-corrected chi connectivity index (χ3v) is 6.22. The van der Waals surface area contributed by atoms with E-state index in [0.717, 1.165) is 30.8 Å². The fourth-order valence-corrected chi connectivity index (χ4v) is 4.23. The van der Waals surface area contributed by atoms with Crippen molar-refractivity contribution in [2.45, 2.75) is 38.6 Å². The highest BCUT2D eigenvalue weighted by molar-refractivity contribution is 5.96. The molecule has 7 heteroatoms. The highest BCUT2D eigenvalue weighted by Crippen LogP contribution is 2.30. The number of benzene rings is 2. The third kappa shape index (κ3) is 6.90. The maximum Gasteiger partial charge on any atom is 0.326 e. The minimum absolute atomic E-state index is 0.108. The number of nitrogens with one attached hydrogen (secondary N) is 2. The van der Waals surface area contributed by atoms with Crippen molar-refractivity contribution < 1.29 is 14.7 Å². The lowest BCUT2D eigenvalue weighted by Crippen LogP contribution is -2.43. The minimum Gasteiger partial charge on any atom is -0.480 e. The van der Waals surface area contributed by atoms with E-state index in [1.54, 1.807) is 6.07 Å². The van der Waals surface area contributed by atoms with Crippen LogP contribution in [0.5, 0.6) is 0 Å². The highest BCUT2D eigenvalue weighted by Gasteiger charge is 2.23. The van der Waals surface area contributed by atoms with Crippen LogP contribution >= 0.6 is 0 Å². The van der Waals surface area contributed by atoms with Crippen LogP contribution in [0.15, 0.2) is 77.6 Å². The standard InChI is InChI=1S/C28H33N3O4/c1-3-31(4-2)19-11-16-24(28(34)35)30-27(33)22-17-18-23(29-26(22)32)25(20-12-7-5-8-13-20)21-14-9-6-10-15-21/h5-10,12-15,17-18,24-25H,3-4,11,16,19H2,1-2H3,(H,29,32)(H,30,33)(H,34,35)/t24-/m0/s1. The summed E-state index contributed by atoms with van der Waals surface area (Å²) in [6.07, 6.45) is 0.918. The molecule has 1 atom stereocenters. The number of hydrogen-bond donors (Lipinski definition) is 3. The van der Waals surface area contributed by atoms with Gasteiger partial charge in [0.1, 0.15) is 11.6 Å². The lowest BCUT2D eigenvalue weighted by atomic mass is 9.88. The van der Waals surface area contributed by atoms with E-state index in [9.17, 15) is 19.5 Å². The van der Waals surface area contributed by atoms with E-state index >= 15 is 0 Å². The van der Waals surface area contributed by atoms with E-state index < -0.39 is 23.5 Å². The summed E-state index contributed by atoms with van der Waals surface area (Å²) >= 11 is 0. The number of carbonyl (C=O) groups excluding carboxylic acids is 1. The summed E-state index contributed by atoms with van der Waals surface area (Å²) in [5.41, 5.74) is 2.00. The predicted molar refractivity (Wildman–Crippen MR) is 137 cm³/mol. The van der Waals surface area contributed by atoms with Gasteiger partial charge in [-0.2, -0.15) is 0 Å². The number of rotatable bonds is 12. The molecule has 1 aromatic heterocycles. The van der Waals surface area contributed by atoms with Gasteiger partial charge in [0, 0.05) is 11.6 Å². The molecular weight excluding hydrogens is 442 g/mol. The van der Waals surface area contributed by atoms with E-state index in [4.69, 9.17) is 0 Å². The molecule has 0 aliphatic carbocycles. The molecule has 1 amide bonds. The zero-order valence-electron chi connectivity index (χ0n) is 20.2. The number of carbonyl (C=O) groups is 2. The number of H-pyrrole nitrogens is 1. The molecule has 0 fully saturated rings. The first-order valence-electron chi connectivity index (χ1n) is 12.0. The fraction of sp³-hybridized carbons (Fsp3) is 0.321. The fourth-order valence-electron chi connectivity index (χ4n) is 4.23. The zero-order chi connectivity index (χ0) is 25.2. The maximum atomic E-state index is 12.9. The van der Waals surface area contributed by atoms with Crippen LogP contribution in [0.1, 0.15) is 59.8 Å². The Morgan fingerprint density at radius 3 is 1.97 bits per heavy atom. The van der Waals surface area contributed by atoms with Gasteiger partial charge < -0.3 is 20.3 Å². The number of nitrogens with zero attached hydrogens (tertiary/aromatic N) is 1. The first-order valence-corrected chi connectivity index (χ1v) is 12.0. The smallest absolute Gasteiger partial charge is 0.326 e. The Labute approximate surface area is 205 Å². The van der Waals surface area contributed by atoms with Crippen molar-refractivity contribution in [2.24, 2.45) is 0 Å². The summed E-state index contributed by atoms with van der Waals surface area (Å²) in [6.45, 7) is 6.62. The Hall–Kier alpha value is -3.71. The van der Waals surface area contributed by atoms with Gasteiger partial charge in [-0.25, -0.2) is 4.79 Å². The number of amides is 1. The average Bonchev–Trinajstić information content (AvgIpc) is 2.87. The van der Waals surface area contributed by atoms with Crippen LogP contribution in [0.25, 0.3) is 0 Å². The highest BCUT2D eigenvalue weighted by atomic mass is 16.4. The summed E-state index contributed by atoms with van der Waals surface area (Å²) in [5, 5.41) is 12.1. The molecule has 1 heterocycles. The quantitative estimate of drug-likeness (QED) is 0.369. The van der Waals surface area contributed by atoms with E-state index in [0.29, 0.717) is 12.1 Å². The first kappa shape index (κ1) is 25.9. The molecule has 0 radical (unpaired) electrons. The Morgan fingerprint density at radius 1 is 0.914 bits per heavy atom. The monoisotopic (exact) mass is 475 g/mol. The van der Waals surface area contributed by atoms with Gasteiger partial charge in [-0.1, -0.05) is 74.5 Å². The molecule has 184 valence electrons. The molecule has 0 saturated carbocycles. The van der Waals surface area contributed by atoms with E-state index in [-0.39, 0.29) is 17.9 Å². The van der Waals surface area contributed by atoms with Gasteiger partial charge in [0.2, 0.25) is 0 Å². The maximum absolute atomic E-state index is 12.9. The van der Waals surface area contributed by atoms with Crippen molar-refractivity contribution in [3.8, 4) is 0 Å². The van der Waals surface area contributed by atoms with Crippen molar-refractivity contribution in [2.75, 3.05) is 19.6 Å². The van der Waals surface area contributed by atoms with Crippen LogP contribution in [0.2, 0.25) is 0 Å². The van der Waals surface area contributed by atoms with Crippen molar-refractivity contribution in [1.29, 1.82) is 0 Å². The molecule has 0 unspecified atom stereocenters. The van der Waals surface area contributed by atoms with Crippen molar-refractivity contribution in [3.63, 3.8) is 0 Å². The van der Waals surface area contributed by atoms with Gasteiger partial charge in [0.25, 0.3) is 11.5 Å². The van der Waals surface area contributed by atoms with Crippen LogP contribution < -0.4 is 10.9 Å². The molecule has 3 rings (SSSR count). The molecule has 7 nitrogen and oxygen atoms in total. The van der Waals surface area contributed by atoms with Crippen molar-refractivity contribution in [3.05, 3.63) is 106 Å². The minimum atomic E-state index is -1.11. The summed E-state index contributed by atoms with van der Waals surface area (Å²) in [6, 6.07) is 21.7. The largest absolute Gasteiger partial charge is 0.480 e. The van der Waals surface area contributed by atoms with Crippen molar-refractivity contribution in [1.82, 2.24) is 15.2 Å². The summed E-state index contributed by atoms with van der Waals surface area (Å²) < 4.78 is 0. The lowest BCUT2D eigenvalue weighted by molar-refractivity contribution is -0.139. The topological polar surface area (TPSA) is 103 Å². The Balaban J connectivity index is 1.80. The number of carboxylic acid groups (broad SMARTS) is 1. The molecule has 0 spiro atoms. The van der Waals surface area contributed by atoms with Crippen LogP contribution in [0, 0.1) is 0 Å². The second kappa shape index (κ2) is 12.7. The summed E-state index contributed by atoms with van der Waals surface area (Å²) in [4.78, 5) is 42.5. The number of aromatic amines is 1. The van der Waals surface area contributed by atoms with Crippen molar-refractivity contribution >= 4 is 11.9 Å². The van der Waals surface area contributed by atoms with Gasteiger partial charge in [-0.3, -0.25) is 9.59 Å². The number of pyridine rings is 1. The van der Waals surface area contributed by atoms with Crippen LogP contribution in [0.4, 0.5) is 0 Å². The molecule has 0 aliphatic heterocycles. The van der Waals surface area contributed by atoms with Gasteiger partial charge in [0.05, 0.1) is 0 Å². The molecule has 0 saturated heterocycles. The van der Waals surface area contributed by atoms with E-state index in [1.165, 1.54) is 6.07 Å². The van der Waals surface area contributed by atoms with Gasteiger partial charge in [-0.15, -0.1) is 0 Å². The van der Waals surface area contributed by atoms with Crippen LogP contribution in [-0.4, -0.2) is 52.5 Å². The van der Waals surface area contributed by atoms with Crippen LogP contribution in [-0.2, 0) is 4.79 Å². The number of aromatic nitrogens is 1. The molecule has 3 aromatic rings. The molecule has 2 aromatic carbocycles. The second-order valence-electron chi connectivity index (χ2n) is 8.44. The Morgan fingerprint density at radius 2 is 1.49 bits per heavy atom. The van der Waals surface area contributed by atoms with E-state index in [2.05, 4.69) is 29.0 Å². The summed E-state index contributed by atoms with van der Waals surface area (Å²) in [5.74, 6) is -2.02. The Kier molecular flexibility index (Phi) is 9.38. The zero-order valence-corrected chi connectivity index (χ0v) is 20.2. The first-order chi connectivity index (χ1) is 16.9. The van der Waals surface area contributed by atoms with Gasteiger partial charge in [0.15, 0.2) is 0 Å². The number of carboxylic acids is 1. The molecule has 0 aliphatic rings. The summed E-state index contributed by atoms with van der Waals surface area (Å²) in [7, 11) is 0. The SMILES string of the molecule is CCN(CC)CCC[C@H](NC(=O)c1ccc(C(c2ccccc2)c2ccccc2)[nH]c1=O)C(=O)O. The van der Waals surface area contributed by atoms with Gasteiger partial charge in [-0.05, 0) is 55.7 Å². The van der Waals surface area contributed by atoms with Crippen LogP contribution in [0.3, 0.4) is 0 Å². The Bertz CT molecular complexity index is 1120. The average molecular weight is 476 g/mol. The normalized spacial score (nSPS) is 12.0. The molecule has 3 N–H and O–H groups in total. The van der Waals surface area contributed by atoms with E-state index in [1.807, 2.05) is 60.7 Å². The molecular formula is C28H33N3O4. The number of aliphatic carboxylic acids is 1. The van der Waals surface area contributed by atoms with Gasteiger partial charge >= 0.3 is 5.97 Å². The second-order valence-corrected chi connectivity index (χ2v) is 8.44.